The normalized spacial score (nSPS) is 13.5. The first-order chi connectivity index (χ1) is 21.0. The van der Waals surface area contributed by atoms with Crippen LogP contribution in [0.1, 0.15) is 16.8 Å². The van der Waals surface area contributed by atoms with Gasteiger partial charge in [-0.3, -0.25) is 14.7 Å². The van der Waals surface area contributed by atoms with Crippen LogP contribution in [0.2, 0.25) is 0 Å². The van der Waals surface area contributed by atoms with Crippen molar-refractivity contribution in [2.45, 2.75) is 25.4 Å². The van der Waals surface area contributed by atoms with Crippen LogP contribution in [0.15, 0.2) is 72.2 Å². The third-order valence-electron chi connectivity index (χ3n) is 6.98. The van der Waals surface area contributed by atoms with Gasteiger partial charge in [0.2, 0.25) is 10.0 Å². The van der Waals surface area contributed by atoms with Gasteiger partial charge in [0.15, 0.2) is 0 Å². The summed E-state index contributed by atoms with van der Waals surface area (Å²) >= 11 is 0. The minimum atomic E-state index is -4.61. The molecule has 0 bridgehead atoms. The number of ether oxygens (including phenoxy) is 1. The van der Waals surface area contributed by atoms with E-state index in [0.717, 1.165) is 46.4 Å². The second-order valence-electron chi connectivity index (χ2n) is 10.0. The van der Waals surface area contributed by atoms with Crippen molar-refractivity contribution in [2.75, 3.05) is 23.7 Å². The highest BCUT2D eigenvalue weighted by atomic mass is 32.2. The van der Waals surface area contributed by atoms with E-state index in [0.29, 0.717) is 30.4 Å². The van der Waals surface area contributed by atoms with Crippen LogP contribution in [0.4, 0.5) is 30.4 Å². The van der Waals surface area contributed by atoms with E-state index < -0.39 is 27.5 Å². The highest BCUT2D eigenvalue weighted by Crippen LogP contribution is 2.39. The first-order valence-electron chi connectivity index (χ1n) is 13.3. The standard InChI is InChI=1S/C29H25F3N8O3S/c1-17-3-4-20(39-44(41,42)16-21-12-19(5-8-34-21)29(30,31)32)13-22(17)23-11-18-14-36-28(37-24-15-33-7-6-25(24)43-2)38-26(18)40-10-9-35-27(23)40/h3-8,11-15,35,39H,9-10,16H2,1-2H3. The predicted octanol–water partition coefficient (Wildman–Crippen LogP) is 4.78. The number of aromatic nitrogens is 5. The molecular weight excluding hydrogens is 597 g/mol. The Bertz CT molecular complexity index is 2030. The van der Waals surface area contributed by atoms with Gasteiger partial charge in [-0.25, -0.2) is 18.4 Å². The van der Waals surface area contributed by atoms with Crippen molar-refractivity contribution in [3.8, 4) is 28.3 Å². The number of fused-ring (bicyclic) bond motifs is 3. The van der Waals surface area contributed by atoms with Gasteiger partial charge in [0.1, 0.15) is 28.8 Å². The summed E-state index contributed by atoms with van der Waals surface area (Å²) in [5.41, 5.74) is 2.96. The van der Waals surface area contributed by atoms with Gasteiger partial charge < -0.3 is 14.6 Å². The molecule has 0 saturated heterocycles. The maximum absolute atomic E-state index is 13.1. The Labute approximate surface area is 249 Å². The van der Waals surface area contributed by atoms with E-state index >= 15 is 0 Å². The van der Waals surface area contributed by atoms with Gasteiger partial charge in [-0.15, -0.1) is 0 Å². The van der Waals surface area contributed by atoms with Crippen LogP contribution >= 0.6 is 0 Å². The third-order valence-corrected chi connectivity index (χ3v) is 8.20. The maximum atomic E-state index is 13.1. The maximum Gasteiger partial charge on any atom is 0.416 e. The lowest BCUT2D eigenvalue weighted by Crippen LogP contribution is -2.18. The molecule has 0 radical (unpaired) electrons. The average molecular weight is 623 g/mol. The number of halogens is 3. The summed E-state index contributed by atoms with van der Waals surface area (Å²) in [5.74, 6) is 1.26. The van der Waals surface area contributed by atoms with Gasteiger partial charge in [0, 0.05) is 54.6 Å². The molecule has 3 aromatic rings. The second-order valence-corrected chi connectivity index (χ2v) is 11.7. The van der Waals surface area contributed by atoms with Crippen molar-refractivity contribution < 1.29 is 26.3 Å². The third kappa shape index (κ3) is 5.90. The zero-order chi connectivity index (χ0) is 31.1. The van der Waals surface area contributed by atoms with Gasteiger partial charge >= 0.3 is 6.18 Å². The number of sulfonamides is 1. The molecule has 11 nitrogen and oxygen atoms in total. The highest BCUT2D eigenvalue weighted by Gasteiger charge is 2.31. The number of rotatable bonds is 7. The molecule has 44 heavy (non-hydrogen) atoms. The molecule has 0 atom stereocenters. The smallest absolute Gasteiger partial charge is 0.416 e. The van der Waals surface area contributed by atoms with Gasteiger partial charge in [-0.1, -0.05) is 6.07 Å². The summed E-state index contributed by atoms with van der Waals surface area (Å²) in [6.07, 6.45) is 1.17. The molecule has 2 N–H and O–H groups in total. The molecule has 0 saturated carbocycles. The van der Waals surface area contributed by atoms with Crippen LogP contribution in [-0.4, -0.2) is 46.6 Å². The SMILES string of the molecule is COc1ccncc1N=c1ncc2cc(-c3cc(NS(=O)(=O)Cc4cc(C(F)(F)F)ccn4)ccc3C)c3n(c-2n1)CCN3. The molecule has 2 aromatic heterocycles. The molecule has 0 aliphatic carbocycles. The van der Waals surface area contributed by atoms with Gasteiger partial charge in [0.25, 0.3) is 5.62 Å². The number of nitrogens with zero attached hydrogens (tertiary/aromatic N) is 6. The Hall–Kier alpha value is -5.05. The Morgan fingerprint density at radius 3 is 2.70 bits per heavy atom. The summed E-state index contributed by atoms with van der Waals surface area (Å²) < 4.78 is 75.0. The number of methoxy groups -OCH3 is 1. The molecule has 0 unspecified atom stereocenters. The molecule has 15 heteroatoms. The number of hydrogen-bond acceptors (Lipinski definition) is 9. The van der Waals surface area contributed by atoms with Crippen molar-refractivity contribution in [3.63, 3.8) is 0 Å². The van der Waals surface area contributed by atoms with E-state index in [1.165, 1.54) is 0 Å². The Kier molecular flexibility index (Phi) is 7.41. The van der Waals surface area contributed by atoms with Crippen LogP contribution in [-0.2, 0) is 28.5 Å². The van der Waals surface area contributed by atoms with E-state index in [1.54, 1.807) is 50.0 Å². The van der Waals surface area contributed by atoms with Gasteiger partial charge in [-0.05, 0) is 48.4 Å². The second kappa shape index (κ2) is 11.2. The van der Waals surface area contributed by atoms with Gasteiger partial charge in [-0.2, -0.15) is 18.2 Å². The van der Waals surface area contributed by atoms with Crippen molar-refractivity contribution in [3.05, 3.63) is 89.7 Å². The summed E-state index contributed by atoms with van der Waals surface area (Å²) in [6, 6.07) is 10.2. The average Bonchev–Trinajstić information content (AvgIpc) is 3.48. The number of hydrogen-bond donors (Lipinski definition) is 2. The summed E-state index contributed by atoms with van der Waals surface area (Å²) in [5, 5.41) is 3.39. The molecule has 226 valence electrons. The topological polar surface area (TPSA) is 136 Å². The molecule has 5 heterocycles. The molecule has 3 aliphatic heterocycles. The van der Waals surface area contributed by atoms with E-state index in [-0.39, 0.29) is 17.0 Å². The zero-order valence-corrected chi connectivity index (χ0v) is 24.2. The molecular formula is C29H25F3N8O3S. The fraction of sp³-hybridized carbons (Fsp3) is 0.207. The van der Waals surface area contributed by atoms with E-state index in [1.807, 2.05) is 17.6 Å². The summed E-state index contributed by atoms with van der Waals surface area (Å²) in [7, 11) is -2.55. The van der Waals surface area contributed by atoms with Crippen LogP contribution < -0.4 is 20.4 Å². The Morgan fingerprint density at radius 1 is 1.07 bits per heavy atom. The monoisotopic (exact) mass is 622 g/mol. The Morgan fingerprint density at radius 2 is 1.91 bits per heavy atom. The summed E-state index contributed by atoms with van der Waals surface area (Å²) in [4.78, 5) is 21.5. The number of benzene rings is 1. The van der Waals surface area contributed by atoms with Gasteiger partial charge in [0.05, 0.1) is 24.6 Å². The van der Waals surface area contributed by atoms with Crippen LogP contribution in [0.25, 0.3) is 22.5 Å². The van der Waals surface area contributed by atoms with E-state index in [9.17, 15) is 21.6 Å². The van der Waals surface area contributed by atoms with E-state index in [4.69, 9.17) is 9.72 Å². The fourth-order valence-electron chi connectivity index (χ4n) is 4.98. The minimum Gasteiger partial charge on any atom is -0.494 e. The molecule has 0 spiro atoms. The molecule has 1 aromatic carbocycles. The van der Waals surface area contributed by atoms with Crippen molar-refractivity contribution in [1.82, 2.24) is 24.5 Å². The molecule has 3 aliphatic rings. The van der Waals surface area contributed by atoms with Crippen LogP contribution in [0.5, 0.6) is 5.75 Å². The largest absolute Gasteiger partial charge is 0.494 e. The number of pyridine rings is 3. The number of anilines is 2. The quantitative estimate of drug-likeness (QED) is 0.265. The number of nitrogens with one attached hydrogen (secondary N) is 2. The zero-order valence-electron chi connectivity index (χ0n) is 23.4. The fourth-order valence-corrected chi connectivity index (χ4v) is 6.08. The lowest BCUT2D eigenvalue weighted by molar-refractivity contribution is -0.137. The lowest BCUT2D eigenvalue weighted by Gasteiger charge is -2.19. The minimum absolute atomic E-state index is 0.222. The number of aryl methyl sites for hydroxylation is 1. The lowest BCUT2D eigenvalue weighted by atomic mass is 9.98. The molecule has 0 amide bonds. The molecule has 0 fully saturated rings. The molecule has 6 rings (SSSR count). The van der Waals surface area contributed by atoms with E-state index in [2.05, 4.69) is 30.0 Å². The van der Waals surface area contributed by atoms with Crippen molar-refractivity contribution in [2.24, 2.45) is 4.99 Å². The van der Waals surface area contributed by atoms with Crippen molar-refractivity contribution >= 4 is 27.2 Å². The first-order valence-corrected chi connectivity index (χ1v) is 15.0. The first kappa shape index (κ1) is 29.0. The van der Waals surface area contributed by atoms with Crippen LogP contribution in [0, 0.1) is 6.92 Å². The van der Waals surface area contributed by atoms with Crippen molar-refractivity contribution in [1.29, 1.82) is 0 Å². The Balaban J connectivity index is 1.35. The number of alkyl halides is 3. The summed E-state index contributed by atoms with van der Waals surface area (Å²) in [6.45, 7) is 3.17. The highest BCUT2D eigenvalue weighted by molar-refractivity contribution is 7.91. The van der Waals surface area contributed by atoms with Crippen LogP contribution in [0.3, 0.4) is 0 Å². The predicted molar refractivity (Wildman–Crippen MR) is 157 cm³/mol.